The predicted octanol–water partition coefficient (Wildman–Crippen LogP) is 7.89. The molecule has 3 aromatic heterocycles. The second-order valence-electron chi connectivity index (χ2n) is 10.8. The van der Waals surface area contributed by atoms with Gasteiger partial charge in [-0.25, -0.2) is 9.97 Å². The van der Waals surface area contributed by atoms with Crippen molar-refractivity contribution in [2.24, 2.45) is 0 Å². The minimum atomic E-state index is -0.361. The zero-order valence-electron chi connectivity index (χ0n) is 25.5. The lowest BCUT2D eigenvalue weighted by atomic mass is 10.1. The van der Waals surface area contributed by atoms with Crippen molar-refractivity contribution in [2.75, 3.05) is 34.9 Å². The Kier molecular flexibility index (Phi) is 8.80. The van der Waals surface area contributed by atoms with Gasteiger partial charge < -0.3 is 20.9 Å². The van der Waals surface area contributed by atoms with Crippen molar-refractivity contribution in [1.82, 2.24) is 15.0 Å². The second-order valence-corrected chi connectivity index (χ2v) is 11.8. The van der Waals surface area contributed by atoms with Gasteiger partial charge in [-0.3, -0.25) is 14.6 Å². The number of thiophene rings is 1. The van der Waals surface area contributed by atoms with E-state index in [4.69, 9.17) is 4.98 Å². The average Bonchev–Trinajstić information content (AvgIpc) is 3.58. The SMILES string of the molecule is Cc1ccc(NC(=O)c2cncc(NC(=O)c3ccc(-c4ccccc4)s3)c2)cc1Nc1nccc(-c2ccc(N(C)C)cc2)n1. The molecule has 0 fully saturated rings. The molecule has 0 atom stereocenters. The van der Waals surface area contributed by atoms with Crippen LogP contribution in [0.1, 0.15) is 25.6 Å². The van der Waals surface area contributed by atoms with Crippen molar-refractivity contribution in [3.8, 4) is 21.7 Å². The van der Waals surface area contributed by atoms with Crippen LogP contribution >= 0.6 is 11.3 Å². The monoisotopic (exact) mass is 625 g/mol. The molecule has 3 N–H and O–H groups in total. The smallest absolute Gasteiger partial charge is 0.265 e. The van der Waals surface area contributed by atoms with Crippen molar-refractivity contribution in [3.05, 3.63) is 132 Å². The Hall–Kier alpha value is -5.87. The molecule has 6 rings (SSSR count). The maximum Gasteiger partial charge on any atom is 0.265 e. The third-order valence-corrected chi connectivity index (χ3v) is 8.36. The molecule has 3 aromatic carbocycles. The molecule has 0 radical (unpaired) electrons. The molecule has 228 valence electrons. The van der Waals surface area contributed by atoms with Crippen LogP contribution in [0, 0.1) is 6.92 Å². The second kappa shape index (κ2) is 13.4. The summed E-state index contributed by atoms with van der Waals surface area (Å²) in [5.74, 6) is -0.187. The minimum Gasteiger partial charge on any atom is -0.378 e. The molecule has 2 amide bonds. The number of carbonyl (C=O) groups excluding carboxylic acids is 2. The van der Waals surface area contributed by atoms with E-state index >= 15 is 0 Å². The number of hydrogen-bond donors (Lipinski definition) is 3. The van der Waals surface area contributed by atoms with Gasteiger partial charge >= 0.3 is 0 Å². The number of hydrogen-bond acceptors (Lipinski definition) is 8. The molecule has 3 heterocycles. The minimum absolute atomic E-state index is 0.266. The third-order valence-electron chi connectivity index (χ3n) is 7.22. The molecular weight excluding hydrogens is 595 g/mol. The number of amides is 2. The lowest BCUT2D eigenvalue weighted by Gasteiger charge is -2.13. The lowest BCUT2D eigenvalue weighted by Crippen LogP contribution is -2.15. The number of nitrogens with one attached hydrogen (secondary N) is 3. The first kappa shape index (κ1) is 30.2. The molecule has 6 aromatic rings. The fourth-order valence-corrected chi connectivity index (χ4v) is 5.62. The fourth-order valence-electron chi connectivity index (χ4n) is 4.71. The fraction of sp³-hybridized carbons (Fsp3) is 0.0833. The molecule has 0 aliphatic heterocycles. The summed E-state index contributed by atoms with van der Waals surface area (Å²) in [4.78, 5) is 43.0. The van der Waals surface area contributed by atoms with Gasteiger partial charge in [0.2, 0.25) is 5.95 Å². The number of carbonyl (C=O) groups is 2. The molecule has 46 heavy (non-hydrogen) atoms. The highest BCUT2D eigenvalue weighted by Gasteiger charge is 2.14. The van der Waals surface area contributed by atoms with Crippen LogP contribution in [0.4, 0.5) is 28.7 Å². The molecule has 0 aliphatic carbocycles. The number of aromatic nitrogens is 3. The average molecular weight is 626 g/mol. The maximum absolute atomic E-state index is 13.2. The van der Waals surface area contributed by atoms with Crippen LogP contribution in [0.5, 0.6) is 0 Å². The molecule has 0 unspecified atom stereocenters. The van der Waals surface area contributed by atoms with Crippen molar-refractivity contribution in [2.45, 2.75) is 6.92 Å². The summed E-state index contributed by atoms with van der Waals surface area (Å²) >= 11 is 1.40. The van der Waals surface area contributed by atoms with E-state index in [-0.39, 0.29) is 11.8 Å². The Morgan fingerprint density at radius 2 is 1.54 bits per heavy atom. The Labute approximate surface area is 271 Å². The molecule has 10 heteroatoms. The summed E-state index contributed by atoms with van der Waals surface area (Å²) in [6.07, 6.45) is 4.69. The molecule has 0 spiro atoms. The summed E-state index contributed by atoms with van der Waals surface area (Å²) < 4.78 is 0. The van der Waals surface area contributed by atoms with E-state index in [1.807, 2.05) is 111 Å². The van der Waals surface area contributed by atoms with Gasteiger partial charge in [0.1, 0.15) is 0 Å². The predicted molar refractivity (Wildman–Crippen MR) is 186 cm³/mol. The van der Waals surface area contributed by atoms with E-state index < -0.39 is 0 Å². The van der Waals surface area contributed by atoms with Crippen LogP contribution in [0.15, 0.2) is 116 Å². The van der Waals surface area contributed by atoms with Crippen LogP contribution in [0.2, 0.25) is 0 Å². The van der Waals surface area contributed by atoms with Crippen LogP contribution in [0.25, 0.3) is 21.7 Å². The first-order chi connectivity index (χ1) is 22.3. The van der Waals surface area contributed by atoms with Crippen molar-refractivity contribution in [3.63, 3.8) is 0 Å². The normalized spacial score (nSPS) is 10.7. The summed E-state index contributed by atoms with van der Waals surface area (Å²) in [7, 11) is 4.01. The zero-order valence-corrected chi connectivity index (χ0v) is 26.3. The molecule has 0 saturated heterocycles. The van der Waals surface area contributed by atoms with Gasteiger partial charge in [0, 0.05) is 54.0 Å². The van der Waals surface area contributed by atoms with Crippen LogP contribution in [0.3, 0.4) is 0 Å². The Morgan fingerprint density at radius 3 is 2.33 bits per heavy atom. The maximum atomic E-state index is 13.2. The van der Waals surface area contributed by atoms with Crippen molar-refractivity contribution < 1.29 is 9.59 Å². The Morgan fingerprint density at radius 1 is 0.761 bits per heavy atom. The quantitative estimate of drug-likeness (QED) is 0.150. The van der Waals surface area contributed by atoms with Crippen LogP contribution in [-0.2, 0) is 0 Å². The number of nitrogens with zero attached hydrogens (tertiary/aromatic N) is 4. The highest BCUT2D eigenvalue weighted by molar-refractivity contribution is 7.17. The summed E-state index contributed by atoms with van der Waals surface area (Å²) in [6, 6.07) is 30.8. The van der Waals surface area contributed by atoms with E-state index in [0.29, 0.717) is 27.8 Å². The highest BCUT2D eigenvalue weighted by Crippen LogP contribution is 2.29. The van der Waals surface area contributed by atoms with Gasteiger partial charge in [-0.05, 0) is 66.6 Å². The number of pyridine rings is 1. The van der Waals surface area contributed by atoms with Gasteiger partial charge in [0.15, 0.2) is 0 Å². The lowest BCUT2D eigenvalue weighted by molar-refractivity contribution is 0.101. The van der Waals surface area contributed by atoms with Crippen LogP contribution < -0.4 is 20.9 Å². The Balaban J connectivity index is 1.12. The topological polar surface area (TPSA) is 112 Å². The van der Waals surface area contributed by atoms with E-state index in [1.165, 1.54) is 23.7 Å². The first-order valence-corrected chi connectivity index (χ1v) is 15.4. The van der Waals surface area contributed by atoms with Gasteiger partial charge in [0.05, 0.1) is 28.0 Å². The van der Waals surface area contributed by atoms with Crippen molar-refractivity contribution in [1.29, 1.82) is 0 Å². The molecular formula is C36H31N7O2S. The van der Waals surface area contributed by atoms with Gasteiger partial charge in [-0.2, -0.15) is 0 Å². The molecule has 0 saturated carbocycles. The van der Waals surface area contributed by atoms with Crippen LogP contribution in [-0.4, -0.2) is 40.9 Å². The van der Waals surface area contributed by atoms with Gasteiger partial charge in [-0.15, -0.1) is 11.3 Å². The third kappa shape index (κ3) is 7.09. The summed E-state index contributed by atoms with van der Waals surface area (Å²) in [5, 5.41) is 9.06. The molecule has 0 aliphatic rings. The number of anilines is 5. The number of aryl methyl sites for hydroxylation is 1. The Bertz CT molecular complexity index is 2010. The molecule has 0 bridgehead atoms. The van der Waals surface area contributed by atoms with Gasteiger partial charge in [0.25, 0.3) is 11.8 Å². The van der Waals surface area contributed by atoms with Gasteiger partial charge in [-0.1, -0.05) is 48.5 Å². The first-order valence-electron chi connectivity index (χ1n) is 14.5. The number of rotatable bonds is 9. The number of benzene rings is 3. The van der Waals surface area contributed by atoms with Crippen molar-refractivity contribution >= 4 is 51.8 Å². The van der Waals surface area contributed by atoms with E-state index in [0.717, 1.165) is 38.6 Å². The summed E-state index contributed by atoms with van der Waals surface area (Å²) in [6.45, 7) is 1.96. The zero-order chi connectivity index (χ0) is 32.0. The summed E-state index contributed by atoms with van der Waals surface area (Å²) in [5.41, 5.74) is 6.94. The highest BCUT2D eigenvalue weighted by atomic mass is 32.1. The molecule has 9 nitrogen and oxygen atoms in total. The largest absolute Gasteiger partial charge is 0.378 e. The van der Waals surface area contributed by atoms with E-state index in [2.05, 4.69) is 25.9 Å². The van der Waals surface area contributed by atoms with E-state index in [1.54, 1.807) is 18.3 Å². The van der Waals surface area contributed by atoms with E-state index in [9.17, 15) is 9.59 Å². The standard InChI is InChI=1S/C36H31N7O2S/c1-23-9-12-27(20-31(23)42-36-38-18-17-30(41-36)24-10-13-29(14-11-24)43(2)3)39-34(44)26-19-28(22-37-21-26)40-35(45)33-16-15-32(46-33)25-7-5-4-6-8-25/h4-22H,1-3H3,(H,39,44)(H,40,45)(H,38,41,42).